The van der Waals surface area contributed by atoms with E-state index in [2.05, 4.69) is 22.6 Å². The maximum Gasteiger partial charge on any atom is 0.156 e. The quantitative estimate of drug-likeness (QED) is 0.245. The molecule has 134 valence electrons. The number of hydrogen-bond donors (Lipinski definition) is 1. The fraction of sp³-hybridized carbons (Fsp3) is 1.00. The molecule has 0 aromatic carbocycles. The van der Waals surface area contributed by atoms with Crippen LogP contribution in [0, 0.1) is 0 Å². The van der Waals surface area contributed by atoms with Gasteiger partial charge in [0.05, 0.1) is 18.3 Å². The van der Waals surface area contributed by atoms with Crippen LogP contribution in [-0.4, -0.2) is 60.6 Å². The minimum Gasteiger partial charge on any atom is -0.378 e. The summed E-state index contributed by atoms with van der Waals surface area (Å²) in [5.74, 6) is 0. The Bertz CT molecular complexity index is 243. The molecule has 0 bridgehead atoms. The van der Waals surface area contributed by atoms with Crippen molar-refractivity contribution in [3.8, 4) is 0 Å². The lowest BCUT2D eigenvalue weighted by Crippen LogP contribution is -2.31. The Kier molecular flexibility index (Phi) is 15.4. The molecule has 0 aromatic heterocycles. The van der Waals surface area contributed by atoms with Crippen LogP contribution < -0.4 is 0 Å². The predicted molar refractivity (Wildman–Crippen MR) is 96.6 cm³/mol. The van der Waals surface area contributed by atoms with Gasteiger partial charge in [-0.1, -0.05) is 22.6 Å². The molecular weight excluding hydrogens is 399 g/mol. The molecule has 0 radical (unpaired) electrons. The molecular formula is C16H33IO5. The second-order valence-electron chi connectivity index (χ2n) is 5.00. The lowest BCUT2D eigenvalue weighted by Gasteiger charge is -2.27. The lowest BCUT2D eigenvalue weighted by atomic mass is 10.0. The van der Waals surface area contributed by atoms with Crippen molar-refractivity contribution in [2.45, 2.75) is 71.6 Å². The van der Waals surface area contributed by atoms with Gasteiger partial charge >= 0.3 is 0 Å². The Morgan fingerprint density at radius 1 is 0.682 bits per heavy atom. The molecule has 22 heavy (non-hydrogen) atoms. The number of hydrogen-bond acceptors (Lipinski definition) is 5. The van der Waals surface area contributed by atoms with Gasteiger partial charge in [-0.15, -0.1) is 0 Å². The molecule has 1 N–H and O–H groups in total. The third-order valence-electron chi connectivity index (χ3n) is 3.25. The minimum absolute atomic E-state index is 0.0698. The van der Waals surface area contributed by atoms with Gasteiger partial charge in [0.25, 0.3) is 0 Å². The van der Waals surface area contributed by atoms with Crippen LogP contribution in [0.2, 0.25) is 0 Å². The summed E-state index contributed by atoms with van der Waals surface area (Å²) in [6, 6.07) is 0. The highest BCUT2D eigenvalue weighted by atomic mass is 127. The van der Waals surface area contributed by atoms with Crippen molar-refractivity contribution < 1.29 is 24.1 Å². The van der Waals surface area contributed by atoms with Crippen molar-refractivity contribution in [3.63, 3.8) is 0 Å². The Hall–Kier alpha value is 0.530. The van der Waals surface area contributed by atoms with Crippen molar-refractivity contribution in [2.75, 3.05) is 30.9 Å². The summed E-state index contributed by atoms with van der Waals surface area (Å²) in [7, 11) is 0. The summed E-state index contributed by atoms with van der Waals surface area (Å²) >= 11 is 2.34. The summed E-state index contributed by atoms with van der Waals surface area (Å²) in [5, 5.41) is 9.83. The van der Waals surface area contributed by atoms with Crippen LogP contribution in [0.25, 0.3) is 0 Å². The first-order chi connectivity index (χ1) is 10.6. The van der Waals surface area contributed by atoms with Gasteiger partial charge in [0.2, 0.25) is 0 Å². The van der Waals surface area contributed by atoms with Crippen LogP contribution >= 0.6 is 22.6 Å². The van der Waals surface area contributed by atoms with Gasteiger partial charge in [0, 0.05) is 50.1 Å². The van der Waals surface area contributed by atoms with Crippen molar-refractivity contribution in [1.29, 1.82) is 0 Å². The van der Waals surface area contributed by atoms with Gasteiger partial charge in [-0.05, 0) is 27.7 Å². The molecule has 6 heteroatoms. The molecule has 4 unspecified atom stereocenters. The van der Waals surface area contributed by atoms with E-state index in [0.29, 0.717) is 32.8 Å². The predicted octanol–water partition coefficient (Wildman–Crippen LogP) is 3.16. The highest BCUT2D eigenvalue weighted by Gasteiger charge is 2.23. The fourth-order valence-corrected chi connectivity index (χ4v) is 3.03. The van der Waals surface area contributed by atoms with Gasteiger partial charge in [-0.25, -0.2) is 0 Å². The van der Waals surface area contributed by atoms with Crippen LogP contribution in [0.5, 0.6) is 0 Å². The van der Waals surface area contributed by atoms with Crippen LogP contribution in [0.3, 0.4) is 0 Å². The van der Waals surface area contributed by atoms with E-state index in [4.69, 9.17) is 18.9 Å². The van der Waals surface area contributed by atoms with E-state index in [1.807, 2.05) is 27.7 Å². The van der Waals surface area contributed by atoms with E-state index in [1.54, 1.807) is 0 Å². The summed E-state index contributed by atoms with van der Waals surface area (Å²) in [4.78, 5) is 0. The first kappa shape index (κ1) is 22.5. The third kappa shape index (κ3) is 11.1. The topological polar surface area (TPSA) is 57.2 Å². The first-order valence-electron chi connectivity index (χ1n) is 8.31. The number of halogens is 1. The molecule has 0 aliphatic heterocycles. The highest BCUT2D eigenvalue weighted by molar-refractivity contribution is 14.1. The molecule has 5 nitrogen and oxygen atoms in total. The summed E-state index contributed by atoms with van der Waals surface area (Å²) in [6.45, 7) is 10.3. The molecule has 0 saturated heterocycles. The van der Waals surface area contributed by atoms with Crippen molar-refractivity contribution in [2.24, 2.45) is 0 Å². The molecule has 0 amide bonds. The van der Waals surface area contributed by atoms with E-state index < -0.39 is 6.29 Å². The van der Waals surface area contributed by atoms with Crippen molar-refractivity contribution >= 4 is 22.6 Å². The Labute approximate surface area is 149 Å². The van der Waals surface area contributed by atoms with Crippen molar-refractivity contribution in [1.82, 2.24) is 0 Å². The molecule has 0 aliphatic carbocycles. The van der Waals surface area contributed by atoms with Gasteiger partial charge in [-0.2, -0.15) is 0 Å². The first-order valence-corrected chi connectivity index (χ1v) is 9.83. The molecule has 0 saturated carbocycles. The Morgan fingerprint density at radius 3 is 1.55 bits per heavy atom. The maximum atomic E-state index is 9.83. The van der Waals surface area contributed by atoms with Gasteiger partial charge in [0.15, 0.2) is 6.29 Å². The SMILES string of the molecule is CCOC(O)CC(CC(CC(CI)OCC)OCC)OCC. The van der Waals surface area contributed by atoms with Crippen LogP contribution in [0.4, 0.5) is 0 Å². The maximum absolute atomic E-state index is 9.83. The Balaban J connectivity index is 4.54. The summed E-state index contributed by atoms with van der Waals surface area (Å²) in [5.41, 5.74) is 0. The van der Waals surface area contributed by atoms with E-state index in [9.17, 15) is 5.11 Å². The van der Waals surface area contributed by atoms with E-state index >= 15 is 0 Å². The largest absolute Gasteiger partial charge is 0.378 e. The molecule has 0 aromatic rings. The number of alkyl halides is 1. The van der Waals surface area contributed by atoms with Gasteiger partial charge < -0.3 is 24.1 Å². The number of aliphatic hydroxyl groups is 1. The Morgan fingerprint density at radius 2 is 1.09 bits per heavy atom. The molecule has 0 aliphatic rings. The van der Waals surface area contributed by atoms with E-state index in [0.717, 1.165) is 17.3 Å². The average molecular weight is 432 g/mol. The fourth-order valence-electron chi connectivity index (χ4n) is 2.42. The van der Waals surface area contributed by atoms with E-state index in [1.165, 1.54) is 0 Å². The highest BCUT2D eigenvalue weighted by Crippen LogP contribution is 2.19. The molecule has 0 fully saturated rings. The van der Waals surface area contributed by atoms with Gasteiger partial charge in [-0.3, -0.25) is 0 Å². The third-order valence-corrected chi connectivity index (χ3v) is 4.24. The zero-order valence-electron chi connectivity index (χ0n) is 14.4. The molecule has 0 spiro atoms. The second-order valence-corrected chi connectivity index (χ2v) is 5.88. The normalized spacial score (nSPS) is 17.2. The monoisotopic (exact) mass is 432 g/mol. The van der Waals surface area contributed by atoms with Crippen LogP contribution in [-0.2, 0) is 18.9 Å². The zero-order valence-corrected chi connectivity index (χ0v) is 16.6. The lowest BCUT2D eigenvalue weighted by molar-refractivity contribution is -0.130. The van der Waals surface area contributed by atoms with Crippen molar-refractivity contribution in [3.05, 3.63) is 0 Å². The second kappa shape index (κ2) is 15.1. The van der Waals surface area contributed by atoms with Crippen LogP contribution in [0.15, 0.2) is 0 Å². The smallest absolute Gasteiger partial charge is 0.156 e. The molecule has 0 heterocycles. The number of aliphatic hydroxyl groups excluding tert-OH is 1. The molecule has 4 atom stereocenters. The molecule has 0 rings (SSSR count). The standard InChI is InChI=1S/C16H33IO5/c1-5-19-13(10-15(12-17)21-7-3)9-14(20-6-2)11-16(18)22-8-4/h13-16,18H,5-12H2,1-4H3. The van der Waals surface area contributed by atoms with Gasteiger partial charge in [0.1, 0.15) is 0 Å². The average Bonchev–Trinajstić information content (AvgIpc) is 2.47. The minimum atomic E-state index is -0.781. The summed E-state index contributed by atoms with van der Waals surface area (Å²) < 4.78 is 23.5. The van der Waals surface area contributed by atoms with E-state index in [-0.39, 0.29) is 18.3 Å². The number of ether oxygens (including phenoxy) is 4. The summed E-state index contributed by atoms with van der Waals surface area (Å²) in [6.07, 6.45) is 1.47. The zero-order chi connectivity index (χ0) is 16.8. The number of rotatable bonds is 15. The van der Waals surface area contributed by atoms with Crippen LogP contribution in [0.1, 0.15) is 47.0 Å².